The lowest BCUT2D eigenvalue weighted by Crippen LogP contribution is -2.23. The summed E-state index contributed by atoms with van der Waals surface area (Å²) in [6.07, 6.45) is 1.59. The van der Waals surface area contributed by atoms with Crippen molar-refractivity contribution < 1.29 is 14.2 Å². The van der Waals surface area contributed by atoms with E-state index in [0.29, 0.717) is 46.1 Å². The fourth-order valence-corrected chi connectivity index (χ4v) is 4.21. The van der Waals surface area contributed by atoms with Gasteiger partial charge in [0.15, 0.2) is 11.5 Å². The van der Waals surface area contributed by atoms with Gasteiger partial charge in [-0.05, 0) is 42.8 Å². The number of halogens is 1. The predicted molar refractivity (Wildman–Crippen MR) is 146 cm³/mol. The Balaban J connectivity index is 1.72. The van der Waals surface area contributed by atoms with Crippen molar-refractivity contribution in [3.63, 3.8) is 0 Å². The van der Waals surface area contributed by atoms with E-state index in [2.05, 4.69) is 32.1 Å². The van der Waals surface area contributed by atoms with Crippen LogP contribution in [-0.2, 0) is 6.61 Å². The number of aromatic nitrogens is 2. The minimum Gasteiger partial charge on any atom is -0.493 e. The Morgan fingerprint density at radius 3 is 2.42 bits per heavy atom. The van der Waals surface area contributed by atoms with Crippen LogP contribution in [0.4, 0.5) is 0 Å². The molecule has 0 aliphatic heterocycles. The monoisotopic (exact) mass is 549 g/mol. The number of hydrogen-bond donors (Lipinski definition) is 0. The molecule has 7 nitrogen and oxygen atoms in total. The van der Waals surface area contributed by atoms with Crippen LogP contribution in [0.5, 0.6) is 17.2 Å². The normalized spacial score (nSPS) is 11.4. The maximum Gasteiger partial charge on any atom is 0.282 e. The molecule has 4 aromatic rings. The van der Waals surface area contributed by atoms with Crippen LogP contribution in [0.2, 0.25) is 0 Å². The van der Waals surface area contributed by atoms with E-state index in [1.165, 1.54) is 4.68 Å². The molecule has 0 unspecified atom stereocenters. The second-order valence-corrected chi connectivity index (χ2v) is 9.60. The number of aryl methyl sites for hydroxylation is 1. The highest BCUT2D eigenvalue weighted by molar-refractivity contribution is 9.10. The van der Waals surface area contributed by atoms with Crippen LogP contribution in [0, 0.1) is 6.92 Å². The minimum atomic E-state index is -0.238. The molecular formula is C28H28BrN3O4. The third-order valence-electron chi connectivity index (χ3n) is 5.62. The summed E-state index contributed by atoms with van der Waals surface area (Å²) >= 11 is 3.43. The van der Waals surface area contributed by atoms with Gasteiger partial charge < -0.3 is 14.2 Å². The average Bonchev–Trinajstić information content (AvgIpc) is 2.86. The molecule has 1 aromatic heterocycles. The van der Waals surface area contributed by atoms with Crippen LogP contribution in [0.1, 0.15) is 42.3 Å². The van der Waals surface area contributed by atoms with Crippen molar-refractivity contribution in [1.82, 2.24) is 9.66 Å². The molecule has 0 saturated heterocycles. The molecule has 0 aliphatic rings. The minimum absolute atomic E-state index is 0.00984. The van der Waals surface area contributed by atoms with Crippen LogP contribution >= 0.6 is 15.9 Å². The highest BCUT2D eigenvalue weighted by atomic mass is 79.9. The summed E-state index contributed by atoms with van der Waals surface area (Å²) in [7, 11) is 3.14. The summed E-state index contributed by atoms with van der Waals surface area (Å²) in [6.45, 7) is 6.36. The van der Waals surface area contributed by atoms with Crippen molar-refractivity contribution in [3.8, 4) is 17.2 Å². The van der Waals surface area contributed by atoms with Crippen LogP contribution in [-0.4, -0.2) is 30.1 Å². The zero-order chi connectivity index (χ0) is 25.8. The summed E-state index contributed by atoms with van der Waals surface area (Å²) in [4.78, 5) is 18.0. The Bertz CT molecular complexity index is 1470. The van der Waals surface area contributed by atoms with E-state index in [1.54, 1.807) is 38.6 Å². The zero-order valence-electron chi connectivity index (χ0n) is 20.9. The number of rotatable bonds is 8. The molecule has 0 radical (unpaired) electrons. The van der Waals surface area contributed by atoms with Gasteiger partial charge in [0.05, 0.1) is 31.3 Å². The molecule has 3 aromatic carbocycles. The molecular weight excluding hydrogens is 522 g/mol. The van der Waals surface area contributed by atoms with Gasteiger partial charge in [0.1, 0.15) is 12.4 Å². The van der Waals surface area contributed by atoms with Crippen LogP contribution in [0.15, 0.2) is 69.0 Å². The lowest BCUT2D eigenvalue weighted by Gasteiger charge is -2.16. The second kappa shape index (κ2) is 11.0. The van der Waals surface area contributed by atoms with Gasteiger partial charge in [-0.3, -0.25) is 4.79 Å². The molecule has 0 atom stereocenters. The fourth-order valence-electron chi connectivity index (χ4n) is 3.85. The first-order chi connectivity index (χ1) is 17.3. The first-order valence-corrected chi connectivity index (χ1v) is 12.3. The molecule has 0 fully saturated rings. The molecule has 36 heavy (non-hydrogen) atoms. The van der Waals surface area contributed by atoms with Crippen LogP contribution in [0.3, 0.4) is 0 Å². The van der Waals surface area contributed by atoms with Gasteiger partial charge in [-0.2, -0.15) is 9.78 Å². The predicted octanol–water partition coefficient (Wildman–Crippen LogP) is 6.07. The van der Waals surface area contributed by atoms with Gasteiger partial charge >= 0.3 is 0 Å². The Kier molecular flexibility index (Phi) is 7.74. The number of nitrogens with zero attached hydrogens (tertiary/aromatic N) is 3. The zero-order valence-corrected chi connectivity index (χ0v) is 22.5. The third-order valence-corrected chi connectivity index (χ3v) is 6.11. The molecule has 0 N–H and O–H groups in total. The maximum atomic E-state index is 13.3. The summed E-state index contributed by atoms with van der Waals surface area (Å²) in [6, 6.07) is 17.2. The number of fused-ring (bicyclic) bond motifs is 1. The number of benzene rings is 3. The van der Waals surface area contributed by atoms with Crippen LogP contribution in [0.25, 0.3) is 10.9 Å². The molecule has 186 valence electrons. The molecule has 0 saturated carbocycles. The van der Waals surface area contributed by atoms with Gasteiger partial charge in [0.25, 0.3) is 5.56 Å². The van der Waals surface area contributed by atoms with Crippen LogP contribution < -0.4 is 19.8 Å². The van der Waals surface area contributed by atoms with Crippen molar-refractivity contribution in [2.24, 2.45) is 5.10 Å². The van der Waals surface area contributed by atoms with Gasteiger partial charge in [-0.25, -0.2) is 4.98 Å². The van der Waals surface area contributed by atoms with E-state index in [1.807, 2.05) is 51.1 Å². The molecule has 0 spiro atoms. The quantitative estimate of drug-likeness (QED) is 0.249. The van der Waals surface area contributed by atoms with Gasteiger partial charge in [-0.1, -0.05) is 59.6 Å². The van der Waals surface area contributed by atoms with E-state index in [-0.39, 0.29) is 11.5 Å². The number of methoxy groups -OCH3 is 2. The van der Waals surface area contributed by atoms with Crippen molar-refractivity contribution in [1.29, 1.82) is 0 Å². The first kappa shape index (κ1) is 25.4. The van der Waals surface area contributed by atoms with E-state index < -0.39 is 0 Å². The average molecular weight is 550 g/mol. The van der Waals surface area contributed by atoms with Gasteiger partial charge in [-0.15, -0.1) is 0 Å². The van der Waals surface area contributed by atoms with Crippen molar-refractivity contribution >= 4 is 33.0 Å². The SMILES string of the molecule is COc1cc(C=Nn2c(C(C)C)nc3ccc(Br)cc3c2=O)cc(OC)c1OCc1cccc(C)c1. The topological polar surface area (TPSA) is 74.9 Å². The maximum absolute atomic E-state index is 13.3. The van der Waals surface area contributed by atoms with E-state index >= 15 is 0 Å². The summed E-state index contributed by atoms with van der Waals surface area (Å²) in [5.41, 5.74) is 3.28. The fraction of sp³-hybridized carbons (Fsp3) is 0.250. The Morgan fingerprint density at radius 2 is 1.78 bits per heavy atom. The summed E-state index contributed by atoms with van der Waals surface area (Å²) in [5, 5.41) is 5.00. The van der Waals surface area contributed by atoms with Crippen molar-refractivity contribution in [2.45, 2.75) is 33.3 Å². The van der Waals surface area contributed by atoms with E-state index in [0.717, 1.165) is 15.6 Å². The van der Waals surface area contributed by atoms with E-state index in [4.69, 9.17) is 14.2 Å². The third kappa shape index (κ3) is 5.44. The Hall–Kier alpha value is -3.65. The molecule has 0 bridgehead atoms. The Morgan fingerprint density at radius 1 is 1.06 bits per heavy atom. The van der Waals surface area contributed by atoms with Crippen molar-refractivity contribution in [3.05, 3.63) is 91.9 Å². The smallest absolute Gasteiger partial charge is 0.282 e. The number of ether oxygens (including phenoxy) is 3. The lowest BCUT2D eigenvalue weighted by molar-refractivity contribution is 0.266. The summed E-state index contributed by atoms with van der Waals surface area (Å²) < 4.78 is 19.4. The molecule has 8 heteroatoms. The molecule has 1 heterocycles. The standard InChI is InChI=1S/C28H28BrN3O4/c1-17(2)27-31-23-10-9-21(29)14-22(23)28(33)32(27)30-15-20-12-24(34-4)26(25(13-20)35-5)36-16-19-8-6-7-18(3)11-19/h6-15,17H,16H2,1-5H3. The van der Waals surface area contributed by atoms with Gasteiger partial charge in [0.2, 0.25) is 5.75 Å². The van der Waals surface area contributed by atoms with E-state index in [9.17, 15) is 4.79 Å². The Labute approximate surface area is 218 Å². The van der Waals surface area contributed by atoms with Gasteiger partial charge in [0, 0.05) is 16.0 Å². The lowest BCUT2D eigenvalue weighted by atomic mass is 10.1. The molecule has 0 amide bonds. The number of hydrogen-bond acceptors (Lipinski definition) is 6. The largest absolute Gasteiger partial charge is 0.493 e. The molecule has 0 aliphatic carbocycles. The van der Waals surface area contributed by atoms with Crippen molar-refractivity contribution in [2.75, 3.05) is 14.2 Å². The molecule has 4 rings (SSSR count). The highest BCUT2D eigenvalue weighted by Crippen LogP contribution is 2.38. The second-order valence-electron chi connectivity index (χ2n) is 8.68. The highest BCUT2D eigenvalue weighted by Gasteiger charge is 2.16. The first-order valence-electron chi connectivity index (χ1n) is 11.5. The summed E-state index contributed by atoms with van der Waals surface area (Å²) in [5.74, 6) is 2.06.